The summed E-state index contributed by atoms with van der Waals surface area (Å²) in [6.45, 7) is 7.43. The van der Waals surface area contributed by atoms with Crippen molar-refractivity contribution in [1.29, 1.82) is 0 Å². The Morgan fingerprint density at radius 1 is 1.10 bits per heavy atom. The van der Waals surface area contributed by atoms with Crippen LogP contribution in [0.15, 0.2) is 18.2 Å². The Morgan fingerprint density at radius 3 is 2.43 bits per heavy atom. The normalized spacial score (nSPS) is 12.6. The van der Waals surface area contributed by atoms with E-state index in [2.05, 4.69) is 5.32 Å². The van der Waals surface area contributed by atoms with E-state index in [9.17, 15) is 4.39 Å². The Labute approximate surface area is 126 Å². The van der Waals surface area contributed by atoms with Gasteiger partial charge in [-0.25, -0.2) is 4.39 Å². The van der Waals surface area contributed by atoms with E-state index in [1.807, 2.05) is 13.0 Å². The maximum Gasteiger partial charge on any atom is 0.126 e. The monoisotopic (exact) mass is 299 g/mol. The van der Waals surface area contributed by atoms with Crippen LogP contribution in [-0.2, 0) is 14.2 Å². The number of hydrogen-bond donors (Lipinski definition) is 1. The fourth-order valence-corrected chi connectivity index (χ4v) is 1.81. The first-order valence-electron chi connectivity index (χ1n) is 7.29. The maximum absolute atomic E-state index is 13.5. The molecule has 1 rings (SSSR count). The molecule has 0 amide bonds. The van der Waals surface area contributed by atoms with E-state index < -0.39 is 0 Å². The second-order valence-electron chi connectivity index (χ2n) is 4.90. The fourth-order valence-electron chi connectivity index (χ4n) is 1.81. The highest BCUT2D eigenvalue weighted by molar-refractivity contribution is 5.25. The van der Waals surface area contributed by atoms with Crippen LogP contribution in [0, 0.1) is 12.7 Å². The lowest BCUT2D eigenvalue weighted by molar-refractivity contribution is 0.0253. The van der Waals surface area contributed by atoms with Crippen LogP contribution in [0.25, 0.3) is 0 Å². The summed E-state index contributed by atoms with van der Waals surface area (Å²) in [6.07, 6.45) is 0. The minimum Gasteiger partial charge on any atom is -0.382 e. The summed E-state index contributed by atoms with van der Waals surface area (Å²) in [7, 11) is 1.65. The third-order valence-corrected chi connectivity index (χ3v) is 3.20. The Balaban J connectivity index is 2.08. The third kappa shape index (κ3) is 7.52. The number of benzene rings is 1. The van der Waals surface area contributed by atoms with Crippen LogP contribution >= 0.6 is 0 Å². The molecule has 0 aliphatic carbocycles. The summed E-state index contributed by atoms with van der Waals surface area (Å²) in [4.78, 5) is 0. The molecule has 1 N–H and O–H groups in total. The van der Waals surface area contributed by atoms with Gasteiger partial charge in [0, 0.05) is 19.7 Å². The molecule has 0 aromatic heterocycles. The molecule has 5 heteroatoms. The van der Waals surface area contributed by atoms with Crippen LogP contribution in [-0.4, -0.2) is 46.7 Å². The third-order valence-electron chi connectivity index (χ3n) is 3.20. The van der Waals surface area contributed by atoms with Crippen molar-refractivity contribution < 1.29 is 18.6 Å². The number of aryl methyl sites for hydroxylation is 1. The minimum absolute atomic E-state index is 0.0988. The predicted molar refractivity (Wildman–Crippen MR) is 81.1 cm³/mol. The van der Waals surface area contributed by atoms with Gasteiger partial charge in [-0.15, -0.1) is 0 Å². The van der Waals surface area contributed by atoms with E-state index in [0.29, 0.717) is 45.1 Å². The highest BCUT2D eigenvalue weighted by atomic mass is 19.1. The van der Waals surface area contributed by atoms with Gasteiger partial charge in [0.1, 0.15) is 5.82 Å². The smallest absolute Gasteiger partial charge is 0.126 e. The summed E-state index contributed by atoms with van der Waals surface area (Å²) in [5, 5.41) is 3.30. The molecule has 1 aromatic carbocycles. The molecule has 0 spiro atoms. The molecule has 4 nitrogen and oxygen atoms in total. The number of methoxy groups -OCH3 is 1. The summed E-state index contributed by atoms with van der Waals surface area (Å²) >= 11 is 0. The second kappa shape index (κ2) is 10.7. The van der Waals surface area contributed by atoms with Crippen molar-refractivity contribution in [1.82, 2.24) is 5.32 Å². The zero-order valence-electron chi connectivity index (χ0n) is 13.2. The average molecular weight is 299 g/mol. The summed E-state index contributed by atoms with van der Waals surface area (Å²) < 4.78 is 29.1. The van der Waals surface area contributed by atoms with Gasteiger partial charge < -0.3 is 19.5 Å². The van der Waals surface area contributed by atoms with Gasteiger partial charge in [0.15, 0.2) is 0 Å². The minimum atomic E-state index is -0.161. The van der Waals surface area contributed by atoms with E-state index in [1.165, 1.54) is 0 Å². The van der Waals surface area contributed by atoms with Crippen molar-refractivity contribution in [2.45, 2.75) is 19.9 Å². The first kappa shape index (κ1) is 18.0. The quantitative estimate of drug-likeness (QED) is 0.637. The number of halogens is 1. The van der Waals surface area contributed by atoms with Crippen molar-refractivity contribution in [2.24, 2.45) is 0 Å². The second-order valence-corrected chi connectivity index (χ2v) is 4.90. The number of rotatable bonds is 11. The first-order chi connectivity index (χ1) is 10.1. The number of ether oxygens (including phenoxy) is 3. The predicted octanol–water partition coefficient (Wildman–Crippen LogP) is 2.46. The highest BCUT2D eigenvalue weighted by Gasteiger charge is 2.06. The van der Waals surface area contributed by atoms with Gasteiger partial charge in [0.2, 0.25) is 0 Å². The van der Waals surface area contributed by atoms with Gasteiger partial charge in [-0.3, -0.25) is 0 Å². The zero-order valence-corrected chi connectivity index (χ0v) is 13.2. The van der Waals surface area contributed by atoms with E-state index in [-0.39, 0.29) is 11.9 Å². The SMILES string of the molecule is COCCOCCOCCNC(C)c1ccc(C)c(F)c1. The molecule has 21 heavy (non-hydrogen) atoms. The Morgan fingerprint density at radius 2 is 1.76 bits per heavy atom. The molecule has 0 aliphatic rings. The molecule has 0 bridgehead atoms. The Kier molecular flexibility index (Phi) is 9.17. The van der Waals surface area contributed by atoms with Crippen LogP contribution in [0.1, 0.15) is 24.1 Å². The maximum atomic E-state index is 13.5. The van der Waals surface area contributed by atoms with Crippen molar-refractivity contribution in [3.8, 4) is 0 Å². The van der Waals surface area contributed by atoms with Gasteiger partial charge in [0.05, 0.1) is 33.0 Å². The van der Waals surface area contributed by atoms with Crippen LogP contribution in [0.5, 0.6) is 0 Å². The van der Waals surface area contributed by atoms with E-state index >= 15 is 0 Å². The Bertz CT molecular complexity index is 401. The van der Waals surface area contributed by atoms with Crippen LogP contribution in [0.2, 0.25) is 0 Å². The van der Waals surface area contributed by atoms with Crippen molar-refractivity contribution in [3.05, 3.63) is 35.1 Å². The molecule has 0 heterocycles. The molecular formula is C16H26FNO3. The molecule has 0 fully saturated rings. The molecule has 1 aromatic rings. The fraction of sp³-hybridized carbons (Fsp3) is 0.625. The van der Waals surface area contributed by atoms with Crippen molar-refractivity contribution in [2.75, 3.05) is 46.7 Å². The number of nitrogens with one attached hydrogen (secondary N) is 1. The molecule has 1 unspecified atom stereocenters. The molecule has 1 atom stereocenters. The summed E-state index contributed by atoms with van der Waals surface area (Å²) in [5.74, 6) is -0.161. The lowest BCUT2D eigenvalue weighted by atomic mass is 10.1. The van der Waals surface area contributed by atoms with Gasteiger partial charge in [-0.1, -0.05) is 12.1 Å². The first-order valence-corrected chi connectivity index (χ1v) is 7.29. The number of hydrogen-bond acceptors (Lipinski definition) is 4. The standard InChI is InChI=1S/C16H26FNO3/c1-13-4-5-15(12-16(13)17)14(2)18-6-7-20-10-11-21-9-8-19-3/h4-5,12,14,18H,6-11H2,1-3H3. The van der Waals surface area contributed by atoms with Gasteiger partial charge in [0.25, 0.3) is 0 Å². The molecule has 0 saturated heterocycles. The van der Waals surface area contributed by atoms with Gasteiger partial charge in [-0.2, -0.15) is 0 Å². The lowest BCUT2D eigenvalue weighted by Crippen LogP contribution is -2.24. The van der Waals surface area contributed by atoms with Crippen molar-refractivity contribution >= 4 is 0 Å². The van der Waals surface area contributed by atoms with Crippen LogP contribution < -0.4 is 5.32 Å². The van der Waals surface area contributed by atoms with Crippen LogP contribution in [0.4, 0.5) is 4.39 Å². The molecule has 0 saturated carbocycles. The Hall–Kier alpha value is -1.01. The van der Waals surface area contributed by atoms with E-state index in [4.69, 9.17) is 14.2 Å². The molecular weight excluding hydrogens is 273 g/mol. The molecule has 120 valence electrons. The molecule has 0 aliphatic heterocycles. The van der Waals surface area contributed by atoms with Crippen LogP contribution in [0.3, 0.4) is 0 Å². The average Bonchev–Trinajstić information content (AvgIpc) is 2.48. The van der Waals surface area contributed by atoms with Gasteiger partial charge in [-0.05, 0) is 31.0 Å². The highest BCUT2D eigenvalue weighted by Crippen LogP contribution is 2.15. The van der Waals surface area contributed by atoms with Crippen molar-refractivity contribution in [3.63, 3.8) is 0 Å². The van der Waals surface area contributed by atoms with E-state index in [0.717, 1.165) is 5.56 Å². The largest absolute Gasteiger partial charge is 0.382 e. The topological polar surface area (TPSA) is 39.7 Å². The van der Waals surface area contributed by atoms with E-state index in [1.54, 1.807) is 26.2 Å². The summed E-state index contributed by atoms with van der Waals surface area (Å²) in [5.41, 5.74) is 1.61. The zero-order chi connectivity index (χ0) is 15.5. The molecule has 0 radical (unpaired) electrons. The van der Waals surface area contributed by atoms with Gasteiger partial charge >= 0.3 is 0 Å². The lowest BCUT2D eigenvalue weighted by Gasteiger charge is -2.15. The summed E-state index contributed by atoms with van der Waals surface area (Å²) in [6, 6.07) is 5.43.